The van der Waals surface area contributed by atoms with Gasteiger partial charge in [0.1, 0.15) is 0 Å². The van der Waals surface area contributed by atoms with Crippen molar-refractivity contribution in [3.05, 3.63) is 29.6 Å². The Hall–Kier alpha value is -1.13. The van der Waals surface area contributed by atoms with Crippen molar-refractivity contribution in [3.63, 3.8) is 0 Å². The molecule has 1 heterocycles. The van der Waals surface area contributed by atoms with E-state index in [2.05, 4.69) is 5.32 Å². The molecule has 1 atom stereocenters. The summed E-state index contributed by atoms with van der Waals surface area (Å²) >= 11 is 0. The SMILES string of the molecule is COc1c(F)cccc1CC1(O)CCCNC1. The first-order valence-corrected chi connectivity index (χ1v) is 5.89. The first-order valence-electron chi connectivity index (χ1n) is 5.89. The van der Waals surface area contributed by atoms with E-state index in [-0.39, 0.29) is 11.6 Å². The fourth-order valence-corrected chi connectivity index (χ4v) is 2.38. The second kappa shape index (κ2) is 5.02. The first kappa shape index (κ1) is 12.3. The molecule has 2 N–H and O–H groups in total. The highest BCUT2D eigenvalue weighted by molar-refractivity contribution is 5.36. The third-order valence-corrected chi connectivity index (χ3v) is 3.22. The highest BCUT2D eigenvalue weighted by Gasteiger charge is 2.30. The highest BCUT2D eigenvalue weighted by atomic mass is 19.1. The number of methoxy groups -OCH3 is 1. The number of nitrogens with one attached hydrogen (secondary N) is 1. The van der Waals surface area contributed by atoms with E-state index in [1.165, 1.54) is 13.2 Å². The molecule has 4 heteroatoms. The Balaban J connectivity index is 2.20. The van der Waals surface area contributed by atoms with Gasteiger partial charge in [0, 0.05) is 18.5 Å². The molecule has 94 valence electrons. The summed E-state index contributed by atoms with van der Waals surface area (Å²) in [6.45, 7) is 1.48. The molecule has 0 bridgehead atoms. The van der Waals surface area contributed by atoms with Crippen LogP contribution in [0.25, 0.3) is 0 Å². The smallest absolute Gasteiger partial charge is 0.165 e. The minimum Gasteiger partial charge on any atom is -0.493 e. The first-order chi connectivity index (χ1) is 8.14. The molecule has 0 radical (unpaired) electrons. The van der Waals surface area contributed by atoms with Gasteiger partial charge in [0.25, 0.3) is 0 Å². The van der Waals surface area contributed by atoms with Crippen molar-refractivity contribution in [2.75, 3.05) is 20.2 Å². The molecule has 1 aromatic rings. The minimum atomic E-state index is -0.792. The van der Waals surface area contributed by atoms with Crippen molar-refractivity contribution >= 4 is 0 Å². The van der Waals surface area contributed by atoms with E-state index < -0.39 is 5.60 Å². The lowest BCUT2D eigenvalue weighted by Crippen LogP contribution is -2.47. The molecule has 0 amide bonds. The summed E-state index contributed by atoms with van der Waals surface area (Å²) in [7, 11) is 1.45. The van der Waals surface area contributed by atoms with E-state index in [0.29, 0.717) is 13.0 Å². The Bertz CT molecular complexity index is 389. The van der Waals surface area contributed by atoms with Gasteiger partial charge in [-0.1, -0.05) is 12.1 Å². The summed E-state index contributed by atoms with van der Waals surface area (Å²) in [5.41, 5.74) is -0.0713. The van der Waals surface area contributed by atoms with Gasteiger partial charge in [0.2, 0.25) is 0 Å². The number of aliphatic hydroxyl groups is 1. The quantitative estimate of drug-likeness (QED) is 0.839. The fraction of sp³-hybridized carbons (Fsp3) is 0.538. The van der Waals surface area contributed by atoms with Gasteiger partial charge < -0.3 is 15.2 Å². The van der Waals surface area contributed by atoms with Gasteiger partial charge in [0.15, 0.2) is 11.6 Å². The van der Waals surface area contributed by atoms with Crippen LogP contribution in [0.3, 0.4) is 0 Å². The average molecular weight is 239 g/mol. The van der Waals surface area contributed by atoms with E-state index in [0.717, 1.165) is 24.9 Å². The number of hydrogen-bond donors (Lipinski definition) is 2. The molecule has 1 aliphatic rings. The van der Waals surface area contributed by atoms with Crippen molar-refractivity contribution in [2.45, 2.75) is 24.9 Å². The van der Waals surface area contributed by atoms with Crippen LogP contribution in [0, 0.1) is 5.82 Å². The molecule has 1 aliphatic heterocycles. The lowest BCUT2D eigenvalue weighted by molar-refractivity contribution is 0.0164. The number of halogens is 1. The third kappa shape index (κ3) is 2.76. The molecule has 1 saturated heterocycles. The summed E-state index contributed by atoms with van der Waals surface area (Å²) in [6, 6.07) is 4.81. The topological polar surface area (TPSA) is 41.5 Å². The number of para-hydroxylation sites is 1. The molecule has 3 nitrogen and oxygen atoms in total. The molecule has 17 heavy (non-hydrogen) atoms. The maximum absolute atomic E-state index is 13.5. The van der Waals surface area contributed by atoms with Crippen LogP contribution >= 0.6 is 0 Å². The average Bonchev–Trinajstić information content (AvgIpc) is 2.30. The summed E-state index contributed by atoms with van der Waals surface area (Å²) in [4.78, 5) is 0. The Morgan fingerprint density at radius 3 is 3.00 bits per heavy atom. The van der Waals surface area contributed by atoms with Gasteiger partial charge in [-0.25, -0.2) is 4.39 Å². The standard InChI is InChI=1S/C13H18FNO2/c1-17-12-10(4-2-5-11(12)14)8-13(16)6-3-7-15-9-13/h2,4-5,15-16H,3,6-9H2,1H3. The third-order valence-electron chi connectivity index (χ3n) is 3.22. The summed E-state index contributed by atoms with van der Waals surface area (Å²) < 4.78 is 18.6. The molecule has 0 aliphatic carbocycles. The van der Waals surface area contributed by atoms with Gasteiger partial charge in [-0.05, 0) is 25.5 Å². The predicted octanol–water partition coefficient (Wildman–Crippen LogP) is 1.49. The molecule has 1 aromatic carbocycles. The van der Waals surface area contributed by atoms with Crippen molar-refractivity contribution in [2.24, 2.45) is 0 Å². The largest absolute Gasteiger partial charge is 0.493 e. The molecular weight excluding hydrogens is 221 g/mol. The van der Waals surface area contributed by atoms with E-state index in [1.54, 1.807) is 12.1 Å². The lowest BCUT2D eigenvalue weighted by Gasteiger charge is -2.33. The van der Waals surface area contributed by atoms with Crippen LogP contribution in [0.5, 0.6) is 5.75 Å². The highest BCUT2D eigenvalue weighted by Crippen LogP contribution is 2.28. The van der Waals surface area contributed by atoms with E-state index in [4.69, 9.17) is 4.74 Å². The number of β-amino-alcohol motifs (C(OH)–C–C–N with tert-alkyl or cyclic N) is 1. The van der Waals surface area contributed by atoms with Crippen molar-refractivity contribution in [1.82, 2.24) is 5.32 Å². The molecule has 1 unspecified atom stereocenters. The second-order valence-electron chi connectivity index (χ2n) is 4.61. The number of ether oxygens (including phenoxy) is 1. The minimum absolute atomic E-state index is 0.242. The normalized spacial score (nSPS) is 24.6. The number of rotatable bonds is 3. The van der Waals surface area contributed by atoms with Crippen LogP contribution in [-0.2, 0) is 6.42 Å². The maximum atomic E-state index is 13.5. The van der Waals surface area contributed by atoms with Crippen LogP contribution in [0.15, 0.2) is 18.2 Å². The van der Waals surface area contributed by atoms with Gasteiger partial charge >= 0.3 is 0 Å². The molecule has 0 spiro atoms. The van der Waals surface area contributed by atoms with Crippen LogP contribution in [0.1, 0.15) is 18.4 Å². The van der Waals surface area contributed by atoms with Gasteiger partial charge in [-0.2, -0.15) is 0 Å². The molecule has 0 saturated carbocycles. The predicted molar refractivity (Wildman–Crippen MR) is 63.7 cm³/mol. The van der Waals surface area contributed by atoms with Crippen LogP contribution in [0.2, 0.25) is 0 Å². The van der Waals surface area contributed by atoms with Crippen LogP contribution in [0.4, 0.5) is 4.39 Å². The van der Waals surface area contributed by atoms with E-state index in [9.17, 15) is 9.50 Å². The summed E-state index contributed by atoms with van der Waals surface area (Å²) in [5, 5.41) is 13.6. The fourth-order valence-electron chi connectivity index (χ4n) is 2.38. The number of hydrogen-bond acceptors (Lipinski definition) is 3. The zero-order valence-corrected chi connectivity index (χ0v) is 10.0. The molecule has 2 rings (SSSR count). The van der Waals surface area contributed by atoms with Gasteiger partial charge in [0.05, 0.1) is 12.7 Å². The molecule has 1 fully saturated rings. The Morgan fingerprint density at radius 1 is 1.53 bits per heavy atom. The summed E-state index contributed by atoms with van der Waals surface area (Å²) in [5.74, 6) is -0.135. The number of piperidine rings is 1. The molecule has 0 aromatic heterocycles. The summed E-state index contributed by atoms with van der Waals surface area (Å²) in [6.07, 6.45) is 2.09. The zero-order valence-electron chi connectivity index (χ0n) is 10.0. The van der Waals surface area contributed by atoms with Gasteiger partial charge in [-0.3, -0.25) is 0 Å². The maximum Gasteiger partial charge on any atom is 0.165 e. The zero-order chi connectivity index (χ0) is 12.3. The second-order valence-corrected chi connectivity index (χ2v) is 4.61. The Labute approximate surface area is 101 Å². The van der Waals surface area contributed by atoms with Crippen molar-refractivity contribution in [1.29, 1.82) is 0 Å². The molecular formula is C13H18FNO2. The lowest BCUT2D eigenvalue weighted by atomic mass is 9.87. The van der Waals surface area contributed by atoms with Gasteiger partial charge in [-0.15, -0.1) is 0 Å². The number of benzene rings is 1. The monoisotopic (exact) mass is 239 g/mol. The van der Waals surface area contributed by atoms with E-state index in [1.807, 2.05) is 0 Å². The Kier molecular flexibility index (Phi) is 3.64. The van der Waals surface area contributed by atoms with Crippen LogP contribution < -0.4 is 10.1 Å². The van der Waals surface area contributed by atoms with Crippen LogP contribution in [-0.4, -0.2) is 30.9 Å². The van der Waals surface area contributed by atoms with Crippen molar-refractivity contribution in [3.8, 4) is 5.75 Å². The van der Waals surface area contributed by atoms with Crippen molar-refractivity contribution < 1.29 is 14.2 Å². The Morgan fingerprint density at radius 2 is 2.35 bits per heavy atom. The van der Waals surface area contributed by atoms with E-state index >= 15 is 0 Å².